The second kappa shape index (κ2) is 4.31. The molecule has 0 saturated carbocycles. The van der Waals surface area contributed by atoms with Gasteiger partial charge in [-0.05, 0) is 35.9 Å². The maximum atomic E-state index is 2.40. The first-order valence-corrected chi connectivity index (χ1v) is 7.11. The predicted octanol–water partition coefficient (Wildman–Crippen LogP) is 4.45. The second-order valence-electron chi connectivity index (χ2n) is 5.17. The van der Waals surface area contributed by atoms with E-state index >= 15 is 0 Å². The summed E-state index contributed by atoms with van der Waals surface area (Å²) in [6.45, 7) is 3.19. The number of hydrogen-bond acceptors (Lipinski definition) is 0. The molecule has 20 heavy (non-hydrogen) atoms. The molecule has 0 aliphatic carbocycles. The van der Waals surface area contributed by atoms with Crippen LogP contribution in [0, 0.1) is 0 Å². The van der Waals surface area contributed by atoms with Crippen LogP contribution < -0.4 is 4.57 Å². The number of benzene rings is 3. The minimum absolute atomic E-state index is 0.982. The van der Waals surface area contributed by atoms with E-state index in [0.717, 1.165) is 6.54 Å². The van der Waals surface area contributed by atoms with E-state index in [4.69, 9.17) is 0 Å². The summed E-state index contributed by atoms with van der Waals surface area (Å²) in [5, 5.41) is 5.28. The summed E-state index contributed by atoms with van der Waals surface area (Å²) in [5.41, 5.74) is 2.61. The number of hydrogen-bond donors (Lipinski definition) is 0. The fourth-order valence-corrected chi connectivity index (χ4v) is 3.15. The Bertz CT molecular complexity index is 938. The van der Waals surface area contributed by atoms with Gasteiger partial charge in [0.15, 0.2) is 0 Å². The van der Waals surface area contributed by atoms with E-state index in [1.807, 2.05) is 0 Å². The third-order valence-corrected chi connectivity index (χ3v) is 4.08. The average Bonchev–Trinajstić information content (AvgIpc) is 2.52. The fraction of sp³-hybridized carbons (Fsp3) is 0.105. The van der Waals surface area contributed by atoms with Crippen molar-refractivity contribution in [1.29, 1.82) is 0 Å². The molecule has 0 amide bonds. The largest absolute Gasteiger partial charge is 0.213 e. The summed E-state index contributed by atoms with van der Waals surface area (Å²) < 4.78 is 2.40. The van der Waals surface area contributed by atoms with Crippen LogP contribution in [0.3, 0.4) is 0 Å². The SMILES string of the molecule is CC[n+]1c2ccccc2cc2c3ccccc3ccc21. The highest BCUT2D eigenvalue weighted by Crippen LogP contribution is 2.26. The van der Waals surface area contributed by atoms with Gasteiger partial charge in [0.25, 0.3) is 0 Å². The van der Waals surface area contributed by atoms with Crippen molar-refractivity contribution in [2.24, 2.45) is 0 Å². The topological polar surface area (TPSA) is 3.88 Å². The van der Waals surface area contributed by atoms with Crippen LogP contribution in [0.25, 0.3) is 32.6 Å². The highest BCUT2D eigenvalue weighted by Gasteiger charge is 2.14. The normalized spacial score (nSPS) is 11.4. The molecule has 0 bridgehead atoms. The Hall–Kier alpha value is -2.41. The Morgan fingerprint density at radius 1 is 0.700 bits per heavy atom. The molecule has 0 spiro atoms. The number of pyridine rings is 1. The quantitative estimate of drug-likeness (QED) is 0.270. The minimum Gasteiger partial charge on any atom is -0.192 e. The van der Waals surface area contributed by atoms with Gasteiger partial charge in [0, 0.05) is 17.5 Å². The first kappa shape index (κ1) is 11.4. The lowest BCUT2D eigenvalue weighted by Gasteiger charge is -2.06. The molecule has 4 rings (SSSR count). The molecule has 0 N–H and O–H groups in total. The van der Waals surface area contributed by atoms with E-state index in [1.165, 1.54) is 32.6 Å². The van der Waals surface area contributed by atoms with Crippen molar-refractivity contribution in [2.45, 2.75) is 13.5 Å². The summed E-state index contributed by atoms with van der Waals surface area (Å²) in [4.78, 5) is 0. The molecule has 0 radical (unpaired) electrons. The zero-order valence-corrected chi connectivity index (χ0v) is 11.5. The Balaban J connectivity index is 2.30. The van der Waals surface area contributed by atoms with Gasteiger partial charge in [0.2, 0.25) is 11.0 Å². The minimum atomic E-state index is 0.982. The van der Waals surface area contributed by atoms with Crippen LogP contribution in [-0.4, -0.2) is 0 Å². The fourth-order valence-electron chi connectivity index (χ4n) is 3.15. The molecule has 0 saturated heterocycles. The van der Waals surface area contributed by atoms with Crippen LogP contribution in [0.2, 0.25) is 0 Å². The molecule has 0 unspecified atom stereocenters. The maximum Gasteiger partial charge on any atom is 0.213 e. The molecule has 1 nitrogen and oxygen atoms in total. The number of aromatic nitrogens is 1. The number of rotatable bonds is 1. The lowest BCUT2D eigenvalue weighted by Crippen LogP contribution is -2.34. The van der Waals surface area contributed by atoms with Crippen molar-refractivity contribution in [1.82, 2.24) is 0 Å². The second-order valence-corrected chi connectivity index (χ2v) is 5.17. The smallest absolute Gasteiger partial charge is 0.192 e. The van der Waals surface area contributed by atoms with E-state index in [9.17, 15) is 0 Å². The van der Waals surface area contributed by atoms with Crippen LogP contribution in [0.4, 0.5) is 0 Å². The third kappa shape index (κ3) is 1.53. The molecule has 1 heteroatoms. The number of nitrogens with zero attached hydrogens (tertiary/aromatic N) is 1. The van der Waals surface area contributed by atoms with Crippen LogP contribution in [-0.2, 0) is 6.54 Å². The summed E-state index contributed by atoms with van der Waals surface area (Å²) in [6, 6.07) is 24.0. The highest BCUT2D eigenvalue weighted by molar-refractivity contribution is 6.07. The predicted molar refractivity (Wildman–Crippen MR) is 84.8 cm³/mol. The Morgan fingerprint density at radius 3 is 2.30 bits per heavy atom. The van der Waals surface area contributed by atoms with E-state index < -0.39 is 0 Å². The number of para-hydroxylation sites is 1. The molecular formula is C19H16N+. The molecule has 0 fully saturated rings. The van der Waals surface area contributed by atoms with Crippen LogP contribution >= 0.6 is 0 Å². The van der Waals surface area contributed by atoms with E-state index in [1.54, 1.807) is 0 Å². The number of aryl methyl sites for hydroxylation is 1. The Kier molecular flexibility index (Phi) is 2.46. The zero-order valence-electron chi connectivity index (χ0n) is 11.5. The zero-order chi connectivity index (χ0) is 13.5. The van der Waals surface area contributed by atoms with E-state index in [0.29, 0.717) is 0 Å². The lowest BCUT2D eigenvalue weighted by molar-refractivity contribution is -0.641. The van der Waals surface area contributed by atoms with Crippen molar-refractivity contribution in [3.8, 4) is 0 Å². The van der Waals surface area contributed by atoms with Crippen molar-refractivity contribution < 1.29 is 4.57 Å². The monoisotopic (exact) mass is 258 g/mol. The highest BCUT2D eigenvalue weighted by atomic mass is 15.0. The first-order valence-electron chi connectivity index (χ1n) is 7.11. The van der Waals surface area contributed by atoms with Gasteiger partial charge in [-0.3, -0.25) is 0 Å². The van der Waals surface area contributed by atoms with E-state index in [2.05, 4.69) is 78.2 Å². The lowest BCUT2D eigenvalue weighted by atomic mass is 10.0. The van der Waals surface area contributed by atoms with Crippen molar-refractivity contribution in [2.75, 3.05) is 0 Å². The molecule has 3 aromatic carbocycles. The molecule has 0 atom stereocenters. The van der Waals surface area contributed by atoms with Crippen LogP contribution in [0.1, 0.15) is 6.92 Å². The van der Waals surface area contributed by atoms with Gasteiger partial charge in [-0.25, -0.2) is 0 Å². The van der Waals surface area contributed by atoms with Gasteiger partial charge in [0.1, 0.15) is 6.54 Å². The molecule has 96 valence electrons. The van der Waals surface area contributed by atoms with Crippen LogP contribution in [0.5, 0.6) is 0 Å². The Morgan fingerprint density at radius 2 is 1.45 bits per heavy atom. The summed E-state index contributed by atoms with van der Waals surface area (Å²) in [5.74, 6) is 0. The van der Waals surface area contributed by atoms with Crippen molar-refractivity contribution >= 4 is 32.6 Å². The van der Waals surface area contributed by atoms with Gasteiger partial charge in [-0.2, -0.15) is 4.57 Å². The van der Waals surface area contributed by atoms with E-state index in [-0.39, 0.29) is 0 Å². The standard InChI is InChI=1S/C19H16N/c1-2-20-18-10-6-4-8-15(18)13-17-16-9-5-3-7-14(16)11-12-19(17)20/h3-13H,2H2,1H3/q+1. The van der Waals surface area contributed by atoms with Gasteiger partial charge < -0.3 is 0 Å². The summed E-state index contributed by atoms with van der Waals surface area (Å²) in [7, 11) is 0. The Labute approximate surface area is 118 Å². The van der Waals surface area contributed by atoms with Crippen molar-refractivity contribution in [3.63, 3.8) is 0 Å². The molecular weight excluding hydrogens is 242 g/mol. The molecule has 4 aromatic rings. The van der Waals surface area contributed by atoms with Crippen LogP contribution in [0.15, 0.2) is 66.7 Å². The number of fused-ring (bicyclic) bond motifs is 4. The molecule has 1 heterocycles. The van der Waals surface area contributed by atoms with Crippen molar-refractivity contribution in [3.05, 3.63) is 66.7 Å². The van der Waals surface area contributed by atoms with Gasteiger partial charge >= 0.3 is 0 Å². The first-order chi connectivity index (χ1) is 9.88. The third-order valence-electron chi connectivity index (χ3n) is 4.08. The summed E-state index contributed by atoms with van der Waals surface area (Å²) >= 11 is 0. The molecule has 0 aliphatic rings. The molecule has 1 aromatic heterocycles. The van der Waals surface area contributed by atoms with Gasteiger partial charge in [-0.1, -0.05) is 36.4 Å². The summed E-state index contributed by atoms with van der Waals surface area (Å²) in [6.07, 6.45) is 0. The van der Waals surface area contributed by atoms with Gasteiger partial charge in [0.05, 0.1) is 5.39 Å². The van der Waals surface area contributed by atoms with Gasteiger partial charge in [-0.15, -0.1) is 0 Å². The average molecular weight is 258 g/mol. The molecule has 0 aliphatic heterocycles. The maximum absolute atomic E-state index is 2.40.